The van der Waals surface area contributed by atoms with Crippen molar-refractivity contribution in [1.29, 1.82) is 0 Å². The molecule has 126 valence electrons. The average molecular weight is 432 g/mol. The molecule has 0 fully saturated rings. The third-order valence-corrected chi connectivity index (χ3v) is 3.55. The number of aliphatic imine (C=N–C) groups is 1. The molecule has 0 spiro atoms. The van der Waals surface area contributed by atoms with E-state index in [2.05, 4.69) is 21.6 Å². The van der Waals surface area contributed by atoms with Gasteiger partial charge in [-0.2, -0.15) is 0 Å². The minimum absolute atomic E-state index is 0. The van der Waals surface area contributed by atoms with Gasteiger partial charge in [0.25, 0.3) is 0 Å². The Kier molecular flexibility index (Phi) is 11.3. The first-order valence-corrected chi connectivity index (χ1v) is 8.52. The zero-order chi connectivity index (χ0) is 15.8. The van der Waals surface area contributed by atoms with Gasteiger partial charge in [0, 0.05) is 32.7 Å². The maximum absolute atomic E-state index is 11.3. The molecule has 0 amide bonds. The van der Waals surface area contributed by atoms with Gasteiger partial charge in [-0.05, 0) is 26.7 Å². The highest BCUT2D eigenvalue weighted by Crippen LogP contribution is 2.02. The number of allylic oxidation sites excluding steroid dienone is 1. The summed E-state index contributed by atoms with van der Waals surface area (Å²) < 4.78 is 25.1. The number of halogens is 1. The summed E-state index contributed by atoms with van der Waals surface area (Å²) >= 11 is 0. The van der Waals surface area contributed by atoms with Crippen molar-refractivity contribution in [3.8, 4) is 0 Å². The summed E-state index contributed by atoms with van der Waals surface area (Å²) in [5, 5.41) is 3.18. The van der Waals surface area contributed by atoms with Gasteiger partial charge in [0.2, 0.25) is 10.0 Å². The molecule has 0 unspecified atom stereocenters. The molecule has 0 atom stereocenters. The van der Waals surface area contributed by atoms with Gasteiger partial charge in [-0.25, -0.2) is 13.1 Å². The summed E-state index contributed by atoms with van der Waals surface area (Å²) in [5.74, 6) is 0.748. The molecule has 0 aliphatic heterocycles. The van der Waals surface area contributed by atoms with E-state index in [-0.39, 0.29) is 24.0 Å². The van der Waals surface area contributed by atoms with Crippen LogP contribution < -0.4 is 10.0 Å². The van der Waals surface area contributed by atoms with Crippen LogP contribution in [0.15, 0.2) is 17.6 Å². The van der Waals surface area contributed by atoms with Crippen LogP contribution in [0, 0.1) is 0 Å². The summed E-state index contributed by atoms with van der Waals surface area (Å²) in [6, 6.07) is 0. The van der Waals surface area contributed by atoms with Crippen LogP contribution in [0.5, 0.6) is 0 Å². The van der Waals surface area contributed by atoms with E-state index in [0.29, 0.717) is 6.54 Å². The van der Waals surface area contributed by atoms with E-state index >= 15 is 0 Å². The Labute approximate surface area is 146 Å². The smallest absolute Gasteiger partial charge is 0.209 e. The molecule has 0 saturated heterocycles. The Morgan fingerprint density at radius 1 is 1.43 bits per heavy atom. The van der Waals surface area contributed by atoms with Crippen LogP contribution in [-0.4, -0.2) is 58.3 Å². The largest absolute Gasteiger partial charge is 0.354 e. The minimum Gasteiger partial charge on any atom is -0.354 e. The predicted molar refractivity (Wildman–Crippen MR) is 101 cm³/mol. The summed E-state index contributed by atoms with van der Waals surface area (Å²) in [6.07, 6.45) is 5.02. The van der Waals surface area contributed by atoms with E-state index in [4.69, 9.17) is 0 Å². The van der Waals surface area contributed by atoms with Crippen LogP contribution in [0.3, 0.4) is 0 Å². The number of hydrogen-bond acceptors (Lipinski definition) is 3. The fraction of sp³-hybridized carbons (Fsp3) is 0.769. The van der Waals surface area contributed by atoms with E-state index < -0.39 is 15.6 Å². The van der Waals surface area contributed by atoms with Crippen LogP contribution in [-0.2, 0) is 10.0 Å². The van der Waals surface area contributed by atoms with Crippen molar-refractivity contribution in [2.45, 2.75) is 32.2 Å². The normalized spacial score (nSPS) is 12.5. The molecular weight excluding hydrogens is 403 g/mol. The second-order valence-corrected chi connectivity index (χ2v) is 7.26. The van der Waals surface area contributed by atoms with Gasteiger partial charge < -0.3 is 10.2 Å². The number of rotatable bonds is 8. The SMILES string of the molecule is C=CCCCN(C)C(=NC)NCC(C)(C)NS(C)(=O)=O.I. The Bertz CT molecular complexity index is 435. The summed E-state index contributed by atoms with van der Waals surface area (Å²) in [7, 11) is 0.437. The monoisotopic (exact) mass is 432 g/mol. The molecule has 0 aromatic rings. The number of unbranched alkanes of at least 4 members (excludes halogenated alkanes) is 1. The van der Waals surface area contributed by atoms with Gasteiger partial charge in [0.05, 0.1) is 6.26 Å². The lowest BCUT2D eigenvalue weighted by molar-refractivity contribution is 0.422. The molecular formula is C13H29IN4O2S. The van der Waals surface area contributed by atoms with Crippen molar-refractivity contribution in [2.75, 3.05) is 33.4 Å². The number of nitrogens with zero attached hydrogens (tertiary/aromatic N) is 2. The topological polar surface area (TPSA) is 73.8 Å². The lowest BCUT2D eigenvalue weighted by atomic mass is 10.1. The van der Waals surface area contributed by atoms with Crippen molar-refractivity contribution in [3.05, 3.63) is 12.7 Å². The first kappa shape index (κ1) is 22.9. The quantitative estimate of drug-likeness (QED) is 0.200. The lowest BCUT2D eigenvalue weighted by Gasteiger charge is -2.29. The Morgan fingerprint density at radius 3 is 2.43 bits per heavy atom. The molecule has 0 radical (unpaired) electrons. The molecule has 0 bridgehead atoms. The van der Waals surface area contributed by atoms with E-state index in [9.17, 15) is 8.42 Å². The molecule has 8 heteroatoms. The fourth-order valence-electron chi connectivity index (χ4n) is 1.80. The zero-order valence-corrected chi connectivity index (χ0v) is 16.8. The average Bonchev–Trinajstić information content (AvgIpc) is 2.26. The van der Waals surface area contributed by atoms with Crippen LogP contribution in [0.1, 0.15) is 26.7 Å². The number of hydrogen-bond donors (Lipinski definition) is 2. The summed E-state index contributed by atoms with van der Waals surface area (Å²) in [4.78, 5) is 6.21. The molecule has 0 aliphatic carbocycles. The van der Waals surface area contributed by atoms with Crippen LogP contribution in [0.4, 0.5) is 0 Å². The maximum Gasteiger partial charge on any atom is 0.209 e. The Morgan fingerprint density at radius 2 is 2.00 bits per heavy atom. The molecule has 0 heterocycles. The molecule has 0 aliphatic rings. The van der Waals surface area contributed by atoms with Gasteiger partial charge in [0.15, 0.2) is 5.96 Å². The summed E-state index contributed by atoms with van der Waals surface area (Å²) in [5.41, 5.74) is -0.578. The van der Waals surface area contributed by atoms with E-state index in [1.807, 2.05) is 31.9 Å². The Balaban J connectivity index is 0. The van der Waals surface area contributed by atoms with Gasteiger partial charge >= 0.3 is 0 Å². The maximum atomic E-state index is 11.3. The number of sulfonamides is 1. The molecule has 0 saturated carbocycles. The fourth-order valence-corrected chi connectivity index (χ4v) is 2.88. The van der Waals surface area contributed by atoms with E-state index in [0.717, 1.165) is 31.6 Å². The van der Waals surface area contributed by atoms with Gasteiger partial charge in [-0.1, -0.05) is 6.08 Å². The van der Waals surface area contributed by atoms with Crippen LogP contribution >= 0.6 is 24.0 Å². The van der Waals surface area contributed by atoms with Gasteiger partial charge in [-0.3, -0.25) is 4.99 Å². The van der Waals surface area contributed by atoms with Crippen molar-refractivity contribution >= 4 is 40.0 Å². The van der Waals surface area contributed by atoms with Crippen molar-refractivity contribution < 1.29 is 8.42 Å². The summed E-state index contributed by atoms with van der Waals surface area (Å²) in [6.45, 7) is 8.67. The third kappa shape index (κ3) is 11.9. The second-order valence-electron chi connectivity index (χ2n) is 5.51. The molecule has 0 rings (SSSR count). The first-order valence-electron chi connectivity index (χ1n) is 6.63. The molecule has 2 N–H and O–H groups in total. The molecule has 6 nitrogen and oxygen atoms in total. The van der Waals surface area contributed by atoms with Crippen LogP contribution in [0.25, 0.3) is 0 Å². The lowest BCUT2D eigenvalue weighted by Crippen LogP contribution is -2.53. The van der Waals surface area contributed by atoms with Crippen molar-refractivity contribution in [1.82, 2.24) is 14.9 Å². The van der Waals surface area contributed by atoms with Crippen LogP contribution in [0.2, 0.25) is 0 Å². The van der Waals surface area contributed by atoms with Crippen molar-refractivity contribution in [3.63, 3.8) is 0 Å². The number of guanidine groups is 1. The van der Waals surface area contributed by atoms with E-state index in [1.54, 1.807) is 7.05 Å². The molecule has 0 aromatic carbocycles. The first-order chi connectivity index (χ1) is 9.11. The third-order valence-electron chi connectivity index (χ3n) is 2.63. The highest BCUT2D eigenvalue weighted by Gasteiger charge is 2.22. The Hall–Kier alpha value is -0.350. The second kappa shape index (κ2) is 10.4. The zero-order valence-electron chi connectivity index (χ0n) is 13.6. The standard InChI is InChI=1S/C13H28N4O2S.HI/c1-7-8-9-10-17(5)12(14-4)15-11-13(2,3)16-20(6,18)19;/h7,16H,1,8-11H2,2-6H3,(H,14,15);1H. The predicted octanol–water partition coefficient (Wildman–Crippen LogP) is 1.41. The van der Waals surface area contributed by atoms with Gasteiger partial charge in [0.1, 0.15) is 0 Å². The van der Waals surface area contributed by atoms with E-state index in [1.165, 1.54) is 0 Å². The highest BCUT2D eigenvalue weighted by molar-refractivity contribution is 14.0. The molecule has 0 aromatic heterocycles. The molecule has 21 heavy (non-hydrogen) atoms. The van der Waals surface area contributed by atoms with Gasteiger partial charge in [-0.15, -0.1) is 30.6 Å². The highest BCUT2D eigenvalue weighted by atomic mass is 127. The van der Waals surface area contributed by atoms with Crippen molar-refractivity contribution in [2.24, 2.45) is 4.99 Å². The minimum atomic E-state index is -3.23. The number of nitrogens with one attached hydrogen (secondary N) is 2.